The van der Waals surface area contributed by atoms with E-state index in [0.29, 0.717) is 30.5 Å². The van der Waals surface area contributed by atoms with Crippen LogP contribution in [0.25, 0.3) is 0 Å². The van der Waals surface area contributed by atoms with E-state index in [9.17, 15) is 5.11 Å². The lowest BCUT2D eigenvalue weighted by Crippen LogP contribution is -2.62. The third-order valence-corrected chi connectivity index (χ3v) is 7.01. The average Bonchev–Trinajstić information content (AvgIpc) is 3.11. The summed E-state index contributed by atoms with van der Waals surface area (Å²) in [6.07, 6.45) is 4.75. The van der Waals surface area contributed by atoms with Crippen LogP contribution in [-0.4, -0.2) is 41.8 Å². The van der Waals surface area contributed by atoms with Crippen molar-refractivity contribution in [2.75, 3.05) is 25.0 Å². The highest BCUT2D eigenvalue weighted by Crippen LogP contribution is 2.60. The first-order valence-corrected chi connectivity index (χ1v) is 8.65. The van der Waals surface area contributed by atoms with Gasteiger partial charge in [0.25, 0.3) is 0 Å². The van der Waals surface area contributed by atoms with Crippen LogP contribution in [0.1, 0.15) is 25.3 Å². The van der Waals surface area contributed by atoms with E-state index >= 15 is 0 Å². The van der Waals surface area contributed by atoms with Crippen LogP contribution in [0.2, 0.25) is 0 Å². The molecule has 1 saturated carbocycles. The molecule has 2 bridgehead atoms. The van der Waals surface area contributed by atoms with Crippen LogP contribution in [0.3, 0.4) is 0 Å². The first kappa shape index (κ1) is 13.1. The molecule has 1 spiro atoms. The second-order valence-corrected chi connectivity index (χ2v) is 7.50. The van der Waals surface area contributed by atoms with Gasteiger partial charge in [-0.3, -0.25) is 4.90 Å². The number of rotatable bonds is 1. The summed E-state index contributed by atoms with van der Waals surface area (Å²) in [5.74, 6) is 0.893. The Morgan fingerprint density at radius 1 is 1.41 bits per heavy atom. The van der Waals surface area contributed by atoms with Crippen molar-refractivity contribution in [2.45, 2.75) is 37.3 Å². The number of fused-ring (bicyclic) bond motifs is 2. The Kier molecular flexibility index (Phi) is 2.61. The normalized spacial score (nSPS) is 43.8. The van der Waals surface area contributed by atoms with Gasteiger partial charge in [-0.2, -0.15) is 0 Å². The maximum atomic E-state index is 10.2. The highest BCUT2D eigenvalue weighted by atomic mass is 16.3. The van der Waals surface area contributed by atoms with Gasteiger partial charge in [0.2, 0.25) is 0 Å². The zero-order valence-corrected chi connectivity index (χ0v) is 13.1. The molecular weight excluding hydrogens is 272 g/mol. The van der Waals surface area contributed by atoms with Gasteiger partial charge in [-0.1, -0.05) is 29.8 Å². The fraction of sp³-hybridized carbons (Fsp3) is 0.579. The van der Waals surface area contributed by atoms with Crippen LogP contribution in [0.5, 0.6) is 0 Å². The third kappa shape index (κ3) is 1.35. The summed E-state index contributed by atoms with van der Waals surface area (Å²) in [6.45, 7) is 4.76. The molecule has 3 nitrogen and oxygen atoms in total. The summed E-state index contributed by atoms with van der Waals surface area (Å²) in [7, 11) is 0. The van der Waals surface area contributed by atoms with Crippen LogP contribution < -0.4 is 5.32 Å². The van der Waals surface area contributed by atoms with Crippen molar-refractivity contribution >= 4 is 5.69 Å². The quantitative estimate of drug-likeness (QED) is 0.781. The van der Waals surface area contributed by atoms with E-state index in [0.717, 1.165) is 6.54 Å². The zero-order chi connectivity index (χ0) is 14.9. The number of aliphatic hydroxyl groups is 1. The Morgan fingerprint density at radius 3 is 3.09 bits per heavy atom. The van der Waals surface area contributed by atoms with E-state index in [1.807, 2.05) is 0 Å². The molecule has 3 fully saturated rings. The van der Waals surface area contributed by atoms with Crippen molar-refractivity contribution in [1.82, 2.24) is 4.90 Å². The first-order valence-electron chi connectivity index (χ1n) is 8.65. The van der Waals surface area contributed by atoms with Gasteiger partial charge in [0.15, 0.2) is 0 Å². The van der Waals surface area contributed by atoms with Crippen molar-refractivity contribution in [3.05, 3.63) is 41.5 Å². The number of hydrogen-bond acceptors (Lipinski definition) is 3. The topological polar surface area (TPSA) is 35.5 Å². The molecule has 22 heavy (non-hydrogen) atoms. The lowest BCUT2D eigenvalue weighted by Gasteiger charge is -2.54. The molecule has 116 valence electrons. The van der Waals surface area contributed by atoms with E-state index in [1.165, 1.54) is 30.6 Å². The monoisotopic (exact) mass is 296 g/mol. The highest BCUT2D eigenvalue weighted by molar-refractivity contribution is 5.65. The Morgan fingerprint density at radius 2 is 2.27 bits per heavy atom. The van der Waals surface area contributed by atoms with Crippen molar-refractivity contribution < 1.29 is 5.11 Å². The first-order chi connectivity index (χ1) is 10.8. The molecule has 4 aliphatic rings. The maximum Gasteiger partial charge on any atom is 0.0484 e. The molecule has 5 rings (SSSR count). The number of para-hydroxylation sites is 1. The Balaban J connectivity index is 1.71. The molecule has 0 aromatic heterocycles. The van der Waals surface area contributed by atoms with E-state index in [4.69, 9.17) is 0 Å². The number of piperidine rings is 1. The van der Waals surface area contributed by atoms with Gasteiger partial charge in [0.1, 0.15) is 0 Å². The van der Waals surface area contributed by atoms with Gasteiger partial charge >= 0.3 is 0 Å². The fourth-order valence-electron chi connectivity index (χ4n) is 6.13. The van der Waals surface area contributed by atoms with E-state index in [-0.39, 0.29) is 5.41 Å². The number of nitrogens with zero attached hydrogens (tertiary/aromatic N) is 1. The maximum absolute atomic E-state index is 10.2. The zero-order valence-electron chi connectivity index (χ0n) is 13.1. The van der Waals surface area contributed by atoms with E-state index < -0.39 is 0 Å². The standard InChI is InChI=1S/C19H24N2O/c1-2-12-10-21-8-7-19-15-5-3-4-6-16(15)20-18(19)14(11-22)13(12)9-17(19)21/h2-6,13-14,17-18,20,22H,7-11H2,1H3/b12-2+/t13-,14+,17?,18?,19?/m0/s1. The van der Waals surface area contributed by atoms with Crippen molar-refractivity contribution in [3.8, 4) is 0 Å². The minimum atomic E-state index is 0.222. The highest BCUT2D eigenvalue weighted by Gasteiger charge is 2.64. The molecule has 3 unspecified atom stereocenters. The van der Waals surface area contributed by atoms with E-state index in [1.54, 1.807) is 5.57 Å². The summed E-state index contributed by atoms with van der Waals surface area (Å²) in [6, 6.07) is 9.89. The van der Waals surface area contributed by atoms with E-state index in [2.05, 4.69) is 47.5 Å². The number of aliphatic hydroxyl groups excluding tert-OH is 1. The van der Waals surface area contributed by atoms with Crippen molar-refractivity contribution in [2.24, 2.45) is 11.8 Å². The van der Waals surface area contributed by atoms with Crippen molar-refractivity contribution in [3.63, 3.8) is 0 Å². The molecular formula is C19H24N2O. The number of hydrogen-bond donors (Lipinski definition) is 2. The van der Waals surface area contributed by atoms with Crippen LogP contribution in [0.4, 0.5) is 5.69 Å². The second kappa shape index (κ2) is 4.36. The number of anilines is 1. The van der Waals surface area contributed by atoms with Gasteiger partial charge in [-0.25, -0.2) is 0 Å². The Hall–Kier alpha value is -1.32. The summed E-state index contributed by atoms with van der Waals surface area (Å²) in [4.78, 5) is 2.70. The van der Waals surface area contributed by atoms with Gasteiger partial charge in [-0.15, -0.1) is 0 Å². The smallest absolute Gasteiger partial charge is 0.0484 e. The molecule has 2 saturated heterocycles. The molecule has 0 radical (unpaired) electrons. The van der Waals surface area contributed by atoms with Crippen LogP contribution in [0, 0.1) is 11.8 Å². The minimum absolute atomic E-state index is 0.222. The molecule has 2 N–H and O–H groups in total. The predicted octanol–water partition coefficient (Wildman–Crippen LogP) is 2.38. The second-order valence-electron chi connectivity index (χ2n) is 7.50. The molecule has 1 aromatic rings. The van der Waals surface area contributed by atoms with Crippen molar-refractivity contribution in [1.29, 1.82) is 0 Å². The Bertz CT molecular complexity index is 655. The summed E-state index contributed by atoms with van der Waals surface area (Å²) in [5, 5.41) is 14.0. The van der Waals surface area contributed by atoms with Gasteiger partial charge in [0.05, 0.1) is 0 Å². The third-order valence-electron chi connectivity index (χ3n) is 7.01. The molecule has 3 aliphatic heterocycles. The lowest BCUT2D eigenvalue weighted by atomic mass is 9.56. The summed E-state index contributed by atoms with van der Waals surface area (Å²) >= 11 is 0. The molecule has 1 aliphatic carbocycles. The Labute approximate surface area is 132 Å². The van der Waals surface area contributed by atoms with Crippen LogP contribution in [0.15, 0.2) is 35.9 Å². The summed E-state index contributed by atoms with van der Waals surface area (Å²) < 4.78 is 0. The lowest BCUT2D eigenvalue weighted by molar-refractivity contribution is 0.0298. The molecule has 0 amide bonds. The molecule has 3 heteroatoms. The van der Waals surface area contributed by atoms with Gasteiger partial charge in [0, 0.05) is 42.3 Å². The summed E-state index contributed by atoms with van der Waals surface area (Å²) in [5.41, 5.74) is 4.58. The largest absolute Gasteiger partial charge is 0.396 e. The van der Waals surface area contributed by atoms with Gasteiger partial charge in [-0.05, 0) is 43.9 Å². The molecule has 1 aromatic carbocycles. The van der Waals surface area contributed by atoms with Crippen LogP contribution in [-0.2, 0) is 5.41 Å². The number of allylic oxidation sites excluding steroid dienone is 1. The molecule has 5 atom stereocenters. The predicted molar refractivity (Wildman–Crippen MR) is 87.9 cm³/mol. The van der Waals surface area contributed by atoms with Gasteiger partial charge < -0.3 is 10.4 Å². The minimum Gasteiger partial charge on any atom is -0.396 e. The number of benzene rings is 1. The van der Waals surface area contributed by atoms with Crippen LogP contribution >= 0.6 is 0 Å². The SMILES string of the molecule is C/C=C1\CN2CCC34c5ccccc5NC3[C@H](CO)[C@H]1CC24. The average molecular weight is 296 g/mol. The fourth-order valence-corrected chi connectivity index (χ4v) is 6.13. The molecule has 3 heterocycles. The number of nitrogens with one attached hydrogen (secondary N) is 1.